The van der Waals surface area contributed by atoms with Gasteiger partial charge in [-0.15, -0.1) is 0 Å². The summed E-state index contributed by atoms with van der Waals surface area (Å²) in [6.07, 6.45) is 2.95. The molecule has 5 heteroatoms. The van der Waals surface area contributed by atoms with E-state index in [0.717, 1.165) is 37.2 Å². The summed E-state index contributed by atoms with van der Waals surface area (Å²) in [7, 11) is 0. The Morgan fingerprint density at radius 1 is 1.08 bits per heavy atom. The lowest BCUT2D eigenvalue weighted by molar-refractivity contribution is 0.0669. The minimum absolute atomic E-state index is 0.0568. The molecule has 2 atom stereocenters. The lowest BCUT2D eigenvalue weighted by Crippen LogP contribution is -2.32. The van der Waals surface area contributed by atoms with Crippen molar-refractivity contribution in [2.45, 2.75) is 31.4 Å². The van der Waals surface area contributed by atoms with Crippen molar-refractivity contribution < 1.29 is 19.0 Å². The van der Waals surface area contributed by atoms with Crippen LogP contribution in [-0.4, -0.2) is 31.8 Å². The van der Waals surface area contributed by atoms with Crippen molar-refractivity contribution in [1.82, 2.24) is 5.32 Å². The monoisotopic (exact) mass is 353 g/mol. The summed E-state index contributed by atoms with van der Waals surface area (Å²) in [6, 6.07) is 15.2. The Hall–Kier alpha value is -2.53. The maximum atomic E-state index is 12.9. The molecule has 0 aromatic heterocycles. The number of carbonyl (C=O) groups excluding carboxylic acids is 1. The fourth-order valence-corrected chi connectivity index (χ4v) is 3.47. The quantitative estimate of drug-likeness (QED) is 0.894. The van der Waals surface area contributed by atoms with Crippen LogP contribution in [0.3, 0.4) is 0 Å². The van der Waals surface area contributed by atoms with Crippen molar-refractivity contribution in [3.8, 4) is 11.5 Å². The van der Waals surface area contributed by atoms with Crippen molar-refractivity contribution >= 4 is 5.91 Å². The summed E-state index contributed by atoms with van der Waals surface area (Å²) >= 11 is 0. The van der Waals surface area contributed by atoms with Gasteiger partial charge in [0.25, 0.3) is 5.91 Å². The number of nitrogens with one attached hydrogen (secondary N) is 1. The average molecular weight is 353 g/mol. The van der Waals surface area contributed by atoms with Crippen LogP contribution in [0.15, 0.2) is 48.5 Å². The molecular weight excluding hydrogens is 330 g/mol. The molecule has 26 heavy (non-hydrogen) atoms. The minimum Gasteiger partial charge on any atom is -0.493 e. The van der Waals surface area contributed by atoms with Gasteiger partial charge in [0.05, 0.1) is 24.3 Å². The molecule has 1 N–H and O–H groups in total. The summed E-state index contributed by atoms with van der Waals surface area (Å²) in [6.45, 7) is 1.86. The van der Waals surface area contributed by atoms with E-state index in [1.807, 2.05) is 42.5 Å². The smallest absolute Gasteiger partial charge is 0.255 e. The molecule has 1 amide bonds. The molecule has 0 aliphatic carbocycles. The normalized spacial score (nSPS) is 21.5. The van der Waals surface area contributed by atoms with E-state index < -0.39 is 0 Å². The maximum absolute atomic E-state index is 12.9. The molecule has 2 aliphatic rings. The molecule has 2 heterocycles. The minimum atomic E-state index is -0.130. The highest BCUT2D eigenvalue weighted by Gasteiger charge is 2.24. The predicted octanol–water partition coefficient (Wildman–Crippen LogP) is 3.50. The second-order valence-electron chi connectivity index (χ2n) is 6.64. The lowest BCUT2D eigenvalue weighted by atomic mass is 10.00. The Bertz CT molecular complexity index is 770. The summed E-state index contributed by atoms with van der Waals surface area (Å²) in [5, 5.41) is 3.13. The van der Waals surface area contributed by atoms with E-state index in [4.69, 9.17) is 14.2 Å². The van der Waals surface area contributed by atoms with Crippen LogP contribution in [0, 0.1) is 0 Å². The van der Waals surface area contributed by atoms with Crippen LogP contribution in [0.25, 0.3) is 0 Å². The zero-order valence-electron chi connectivity index (χ0n) is 14.6. The Balaban J connectivity index is 1.47. The Kier molecular flexibility index (Phi) is 5.07. The van der Waals surface area contributed by atoms with Crippen molar-refractivity contribution in [1.29, 1.82) is 0 Å². The topological polar surface area (TPSA) is 56.8 Å². The molecular formula is C21H23NO4. The highest BCUT2D eigenvalue weighted by Crippen LogP contribution is 2.32. The number of carbonyl (C=O) groups is 1. The fraction of sp³-hybridized carbons (Fsp3) is 0.381. The van der Waals surface area contributed by atoms with Gasteiger partial charge in [-0.25, -0.2) is 0 Å². The Morgan fingerprint density at radius 3 is 2.81 bits per heavy atom. The zero-order valence-corrected chi connectivity index (χ0v) is 14.6. The summed E-state index contributed by atoms with van der Waals surface area (Å²) in [5.41, 5.74) is 1.57. The number of amides is 1. The van der Waals surface area contributed by atoms with Gasteiger partial charge in [0.1, 0.15) is 18.1 Å². The van der Waals surface area contributed by atoms with E-state index in [2.05, 4.69) is 5.32 Å². The van der Waals surface area contributed by atoms with Crippen LogP contribution in [0.5, 0.6) is 11.5 Å². The first kappa shape index (κ1) is 16.9. The molecule has 4 rings (SSSR count). The van der Waals surface area contributed by atoms with Crippen LogP contribution in [0.2, 0.25) is 0 Å². The van der Waals surface area contributed by atoms with Gasteiger partial charge in [-0.3, -0.25) is 4.79 Å². The second-order valence-corrected chi connectivity index (χ2v) is 6.64. The number of para-hydroxylation sites is 2. The Morgan fingerprint density at radius 2 is 1.92 bits per heavy atom. The standard InChI is InChI=1S/C21H23NO4/c23-21(22-18-11-13-25-19-9-3-1-7-16(18)19)17-8-2-4-10-20(17)26-14-15-6-5-12-24-15/h1-4,7-10,15,18H,5-6,11-14H2,(H,22,23)/t15-,18+/m1/s1. The summed E-state index contributed by atoms with van der Waals surface area (Å²) in [5.74, 6) is 1.31. The van der Waals surface area contributed by atoms with E-state index >= 15 is 0 Å². The van der Waals surface area contributed by atoms with Gasteiger partial charge in [-0.05, 0) is 31.0 Å². The average Bonchev–Trinajstić information content (AvgIpc) is 3.20. The van der Waals surface area contributed by atoms with Crippen LogP contribution in [-0.2, 0) is 4.74 Å². The molecule has 0 saturated carbocycles. The molecule has 2 aromatic carbocycles. The largest absolute Gasteiger partial charge is 0.493 e. The fourth-order valence-electron chi connectivity index (χ4n) is 3.47. The molecule has 0 spiro atoms. The SMILES string of the molecule is O=C(N[C@H]1CCOc2ccccc21)c1ccccc1OC[C@H]1CCCO1. The summed E-state index contributed by atoms with van der Waals surface area (Å²) < 4.78 is 17.2. The predicted molar refractivity (Wildman–Crippen MR) is 97.7 cm³/mol. The first-order chi connectivity index (χ1) is 12.8. The molecule has 5 nitrogen and oxygen atoms in total. The third-order valence-electron chi connectivity index (χ3n) is 4.84. The third-order valence-corrected chi connectivity index (χ3v) is 4.84. The van der Waals surface area contributed by atoms with Crippen LogP contribution in [0.4, 0.5) is 0 Å². The highest BCUT2D eigenvalue weighted by molar-refractivity contribution is 5.97. The van der Waals surface area contributed by atoms with Gasteiger partial charge < -0.3 is 19.5 Å². The molecule has 2 aliphatic heterocycles. The number of benzene rings is 2. The number of ether oxygens (including phenoxy) is 3. The number of fused-ring (bicyclic) bond motifs is 1. The van der Waals surface area contributed by atoms with Gasteiger partial charge >= 0.3 is 0 Å². The summed E-state index contributed by atoms with van der Waals surface area (Å²) in [4.78, 5) is 12.9. The number of rotatable bonds is 5. The molecule has 1 fully saturated rings. The lowest BCUT2D eigenvalue weighted by Gasteiger charge is -2.27. The molecule has 0 bridgehead atoms. The number of hydrogen-bond acceptors (Lipinski definition) is 4. The molecule has 1 saturated heterocycles. The van der Waals surface area contributed by atoms with Crippen LogP contribution in [0.1, 0.15) is 41.2 Å². The highest BCUT2D eigenvalue weighted by atomic mass is 16.5. The second kappa shape index (κ2) is 7.79. The van der Waals surface area contributed by atoms with E-state index in [1.165, 1.54) is 0 Å². The van der Waals surface area contributed by atoms with Gasteiger partial charge in [0.15, 0.2) is 0 Å². The van der Waals surface area contributed by atoms with Crippen LogP contribution < -0.4 is 14.8 Å². The number of hydrogen-bond donors (Lipinski definition) is 1. The van der Waals surface area contributed by atoms with Crippen molar-refractivity contribution in [3.05, 3.63) is 59.7 Å². The van der Waals surface area contributed by atoms with Crippen molar-refractivity contribution in [2.24, 2.45) is 0 Å². The van der Waals surface area contributed by atoms with Gasteiger partial charge in [-0.1, -0.05) is 30.3 Å². The van der Waals surface area contributed by atoms with Crippen LogP contribution >= 0.6 is 0 Å². The van der Waals surface area contributed by atoms with E-state index in [9.17, 15) is 4.79 Å². The van der Waals surface area contributed by atoms with E-state index in [1.54, 1.807) is 6.07 Å². The molecule has 2 aromatic rings. The first-order valence-electron chi connectivity index (χ1n) is 9.17. The maximum Gasteiger partial charge on any atom is 0.255 e. The van der Waals surface area contributed by atoms with Crippen molar-refractivity contribution in [3.63, 3.8) is 0 Å². The Labute approximate surface area is 153 Å². The zero-order chi connectivity index (χ0) is 17.8. The van der Waals surface area contributed by atoms with Gasteiger partial charge in [0.2, 0.25) is 0 Å². The van der Waals surface area contributed by atoms with E-state index in [0.29, 0.717) is 24.5 Å². The molecule has 0 radical (unpaired) electrons. The van der Waals surface area contributed by atoms with Gasteiger partial charge in [-0.2, -0.15) is 0 Å². The molecule has 0 unspecified atom stereocenters. The van der Waals surface area contributed by atoms with E-state index in [-0.39, 0.29) is 18.1 Å². The first-order valence-corrected chi connectivity index (χ1v) is 9.17. The van der Waals surface area contributed by atoms with Gasteiger partial charge in [0, 0.05) is 18.6 Å². The van der Waals surface area contributed by atoms with Crippen molar-refractivity contribution in [2.75, 3.05) is 19.8 Å². The molecule has 136 valence electrons. The third kappa shape index (κ3) is 3.68.